The van der Waals surface area contributed by atoms with Gasteiger partial charge in [0.05, 0.1) is 13.7 Å². The van der Waals surface area contributed by atoms with E-state index in [4.69, 9.17) is 4.74 Å². The van der Waals surface area contributed by atoms with E-state index in [1.165, 1.54) is 13.2 Å². The van der Waals surface area contributed by atoms with Crippen LogP contribution in [0.3, 0.4) is 0 Å². The van der Waals surface area contributed by atoms with E-state index in [1.807, 2.05) is 20.1 Å². The normalized spacial score (nSPS) is 15.9. The predicted molar refractivity (Wildman–Crippen MR) is 78.4 cm³/mol. The summed E-state index contributed by atoms with van der Waals surface area (Å²) in [4.78, 5) is 0. The summed E-state index contributed by atoms with van der Waals surface area (Å²) in [6, 6.07) is 4.69. The molecule has 1 aromatic carbocycles. The first-order valence-electron chi connectivity index (χ1n) is 6.27. The highest BCUT2D eigenvalue weighted by Gasteiger charge is 2.21. The lowest BCUT2D eigenvalue weighted by atomic mass is 10.0. The first kappa shape index (κ1) is 16.3. The van der Waals surface area contributed by atoms with E-state index in [9.17, 15) is 9.50 Å². The summed E-state index contributed by atoms with van der Waals surface area (Å²) in [7, 11) is 1.53. The van der Waals surface area contributed by atoms with Gasteiger partial charge in [0.1, 0.15) is 11.6 Å². The Kier molecular flexibility index (Phi) is 6.62. The number of thioether (sulfide) groups is 1. The molecule has 0 saturated carbocycles. The second-order valence-electron chi connectivity index (χ2n) is 4.49. The number of halogens is 1. The molecule has 3 atom stereocenters. The van der Waals surface area contributed by atoms with Crippen molar-refractivity contribution in [3.05, 3.63) is 29.6 Å². The van der Waals surface area contributed by atoms with Crippen LogP contribution in [0, 0.1) is 5.82 Å². The van der Waals surface area contributed by atoms with Gasteiger partial charge < -0.3 is 15.2 Å². The number of rotatable bonds is 7. The summed E-state index contributed by atoms with van der Waals surface area (Å²) >= 11 is 1.59. The van der Waals surface area contributed by atoms with Crippen LogP contribution in [-0.2, 0) is 0 Å². The van der Waals surface area contributed by atoms with Gasteiger partial charge >= 0.3 is 0 Å². The Labute approximate surface area is 118 Å². The van der Waals surface area contributed by atoms with Gasteiger partial charge in [0.2, 0.25) is 0 Å². The summed E-state index contributed by atoms with van der Waals surface area (Å²) in [5, 5.41) is 12.7. The fraction of sp³-hybridized carbons (Fsp3) is 0.571. The van der Waals surface area contributed by atoms with E-state index in [2.05, 4.69) is 5.32 Å². The minimum atomic E-state index is -0.281. The van der Waals surface area contributed by atoms with Crippen molar-refractivity contribution in [2.24, 2.45) is 0 Å². The van der Waals surface area contributed by atoms with Crippen LogP contribution in [-0.4, -0.2) is 36.4 Å². The number of benzene rings is 1. The van der Waals surface area contributed by atoms with Crippen LogP contribution in [0.5, 0.6) is 5.75 Å². The average Bonchev–Trinajstić information content (AvgIpc) is 2.39. The van der Waals surface area contributed by atoms with Gasteiger partial charge in [-0.05, 0) is 32.2 Å². The summed E-state index contributed by atoms with van der Waals surface area (Å²) in [5.41, 5.74) is 0.523. The van der Waals surface area contributed by atoms with E-state index in [0.29, 0.717) is 11.3 Å². The fourth-order valence-corrected chi connectivity index (χ4v) is 2.77. The molecule has 2 N–H and O–H groups in total. The van der Waals surface area contributed by atoms with Gasteiger partial charge in [-0.2, -0.15) is 11.8 Å². The van der Waals surface area contributed by atoms with Crippen LogP contribution < -0.4 is 10.1 Å². The Morgan fingerprint density at radius 2 is 2.11 bits per heavy atom. The highest BCUT2D eigenvalue weighted by Crippen LogP contribution is 2.28. The van der Waals surface area contributed by atoms with Crippen LogP contribution in [0.1, 0.15) is 25.5 Å². The number of aliphatic hydroxyl groups excluding tert-OH is 1. The number of hydrogen-bond donors (Lipinski definition) is 2. The lowest BCUT2D eigenvalue weighted by Crippen LogP contribution is -2.39. The zero-order valence-corrected chi connectivity index (χ0v) is 12.6. The largest absolute Gasteiger partial charge is 0.496 e. The minimum Gasteiger partial charge on any atom is -0.496 e. The van der Waals surface area contributed by atoms with Crippen LogP contribution in [0.2, 0.25) is 0 Å². The fourth-order valence-electron chi connectivity index (χ4n) is 2.14. The van der Waals surface area contributed by atoms with Gasteiger partial charge in [-0.3, -0.25) is 0 Å². The third-order valence-electron chi connectivity index (χ3n) is 3.22. The Morgan fingerprint density at radius 1 is 1.42 bits per heavy atom. The maximum Gasteiger partial charge on any atom is 0.131 e. The Bertz CT molecular complexity index is 399. The zero-order chi connectivity index (χ0) is 14.4. The molecule has 1 aromatic rings. The molecular formula is C14H22FNO2S. The third kappa shape index (κ3) is 4.09. The summed E-state index contributed by atoms with van der Waals surface area (Å²) in [6.07, 6.45) is 1.95. The highest BCUT2D eigenvalue weighted by molar-refractivity contribution is 7.99. The molecule has 0 aliphatic heterocycles. The van der Waals surface area contributed by atoms with Crippen LogP contribution >= 0.6 is 11.8 Å². The Balaban J connectivity index is 2.86. The monoisotopic (exact) mass is 287 g/mol. The van der Waals surface area contributed by atoms with E-state index in [-0.39, 0.29) is 29.8 Å². The number of nitrogens with one attached hydrogen (secondary N) is 1. The minimum absolute atomic E-state index is 0.0688. The van der Waals surface area contributed by atoms with Gasteiger partial charge in [-0.15, -0.1) is 0 Å². The molecule has 5 heteroatoms. The Hall–Kier alpha value is -0.780. The van der Waals surface area contributed by atoms with Gasteiger partial charge in [0.25, 0.3) is 0 Å². The molecule has 0 saturated heterocycles. The van der Waals surface area contributed by atoms with E-state index >= 15 is 0 Å². The number of hydrogen-bond acceptors (Lipinski definition) is 4. The van der Waals surface area contributed by atoms with Gasteiger partial charge in [0.15, 0.2) is 0 Å². The van der Waals surface area contributed by atoms with Crippen LogP contribution in [0.25, 0.3) is 0 Å². The lowest BCUT2D eigenvalue weighted by Gasteiger charge is -2.26. The van der Waals surface area contributed by atoms with Crippen LogP contribution in [0.15, 0.2) is 18.2 Å². The average molecular weight is 287 g/mol. The molecule has 1 rings (SSSR count). The Morgan fingerprint density at radius 3 is 2.63 bits per heavy atom. The molecule has 108 valence electrons. The van der Waals surface area contributed by atoms with Crippen molar-refractivity contribution in [2.45, 2.75) is 31.2 Å². The summed E-state index contributed by atoms with van der Waals surface area (Å²) in [6.45, 7) is 3.98. The second-order valence-corrected chi connectivity index (χ2v) is 5.57. The van der Waals surface area contributed by atoms with Crippen molar-refractivity contribution < 1.29 is 14.2 Å². The number of aliphatic hydroxyl groups is 1. The molecule has 0 aliphatic rings. The molecule has 0 spiro atoms. The quantitative estimate of drug-likeness (QED) is 0.809. The van der Waals surface area contributed by atoms with Crippen molar-refractivity contribution in [3.8, 4) is 5.75 Å². The number of ether oxygens (including phenoxy) is 1. The molecule has 0 aromatic heterocycles. The van der Waals surface area contributed by atoms with E-state index in [1.54, 1.807) is 23.9 Å². The summed E-state index contributed by atoms with van der Waals surface area (Å²) < 4.78 is 19.1. The van der Waals surface area contributed by atoms with Crippen LogP contribution in [0.4, 0.5) is 4.39 Å². The zero-order valence-electron chi connectivity index (χ0n) is 11.8. The molecule has 0 fully saturated rings. The molecule has 3 nitrogen and oxygen atoms in total. The third-order valence-corrected chi connectivity index (χ3v) is 4.38. The van der Waals surface area contributed by atoms with Gasteiger partial charge in [0, 0.05) is 22.9 Å². The smallest absolute Gasteiger partial charge is 0.131 e. The lowest BCUT2D eigenvalue weighted by molar-refractivity contribution is 0.270. The summed E-state index contributed by atoms with van der Waals surface area (Å²) in [5.74, 6) is 0.258. The van der Waals surface area contributed by atoms with Crippen molar-refractivity contribution in [2.75, 3.05) is 20.0 Å². The molecule has 0 aliphatic carbocycles. The van der Waals surface area contributed by atoms with Crippen molar-refractivity contribution in [3.63, 3.8) is 0 Å². The van der Waals surface area contributed by atoms with Crippen molar-refractivity contribution >= 4 is 11.8 Å². The molecule has 19 heavy (non-hydrogen) atoms. The topological polar surface area (TPSA) is 41.5 Å². The maximum atomic E-state index is 13.9. The van der Waals surface area contributed by atoms with E-state index in [0.717, 1.165) is 0 Å². The molecule has 3 unspecified atom stereocenters. The van der Waals surface area contributed by atoms with Crippen molar-refractivity contribution in [1.82, 2.24) is 5.32 Å². The molecule has 0 heterocycles. The molecule has 0 radical (unpaired) electrons. The second kappa shape index (κ2) is 7.72. The highest BCUT2D eigenvalue weighted by atomic mass is 32.2. The first-order valence-corrected chi connectivity index (χ1v) is 7.56. The molecular weight excluding hydrogens is 265 g/mol. The van der Waals surface area contributed by atoms with Gasteiger partial charge in [-0.25, -0.2) is 4.39 Å². The standard InChI is InChI=1S/C14H22FNO2S/c1-9(13(8-17)19-4)16-10(2)14-11(15)6-5-7-12(14)18-3/h5-7,9-10,13,16-17H,8H2,1-4H3. The maximum absolute atomic E-state index is 13.9. The first-order chi connectivity index (χ1) is 9.04. The molecule has 0 amide bonds. The number of methoxy groups -OCH3 is 1. The van der Waals surface area contributed by atoms with E-state index < -0.39 is 0 Å². The SMILES string of the molecule is COc1cccc(F)c1C(C)NC(C)C(CO)SC. The predicted octanol–water partition coefficient (Wildman–Crippen LogP) is 2.60. The molecule has 0 bridgehead atoms. The van der Waals surface area contributed by atoms with Crippen molar-refractivity contribution in [1.29, 1.82) is 0 Å². The van der Waals surface area contributed by atoms with Gasteiger partial charge in [-0.1, -0.05) is 6.07 Å².